The average Bonchev–Trinajstić information content (AvgIpc) is 2.45. The summed E-state index contributed by atoms with van der Waals surface area (Å²) in [6.07, 6.45) is 1.90. The molecule has 0 bridgehead atoms. The predicted molar refractivity (Wildman–Crippen MR) is 81.5 cm³/mol. The van der Waals surface area contributed by atoms with Gasteiger partial charge in [0.15, 0.2) is 0 Å². The van der Waals surface area contributed by atoms with Crippen LogP contribution >= 0.6 is 0 Å². The van der Waals surface area contributed by atoms with Gasteiger partial charge in [0.05, 0.1) is 6.54 Å². The molecule has 1 rings (SSSR count). The molecule has 0 atom stereocenters. The van der Waals surface area contributed by atoms with Crippen molar-refractivity contribution < 1.29 is 9.53 Å². The van der Waals surface area contributed by atoms with Gasteiger partial charge in [0.25, 0.3) is 0 Å². The molecule has 0 saturated heterocycles. The first kappa shape index (κ1) is 16.7. The van der Waals surface area contributed by atoms with E-state index in [0.29, 0.717) is 19.7 Å². The molecular weight excluding hydrogens is 252 g/mol. The highest BCUT2D eigenvalue weighted by molar-refractivity contribution is 5.77. The van der Waals surface area contributed by atoms with Crippen LogP contribution in [0, 0.1) is 0 Å². The first-order chi connectivity index (χ1) is 9.76. The number of nitrogens with one attached hydrogen (secondary N) is 1. The molecule has 0 saturated carbocycles. The van der Waals surface area contributed by atoms with E-state index in [4.69, 9.17) is 4.74 Å². The van der Waals surface area contributed by atoms with Crippen LogP contribution in [0.2, 0.25) is 0 Å². The first-order valence-corrected chi connectivity index (χ1v) is 7.28. The van der Waals surface area contributed by atoms with Crippen LogP contribution in [-0.4, -0.2) is 44.2 Å². The molecule has 1 aromatic rings. The van der Waals surface area contributed by atoms with E-state index in [1.165, 1.54) is 5.56 Å². The van der Waals surface area contributed by atoms with Crippen LogP contribution in [0.3, 0.4) is 0 Å². The van der Waals surface area contributed by atoms with E-state index in [-0.39, 0.29) is 5.91 Å². The minimum absolute atomic E-state index is 0.0884. The molecule has 0 heterocycles. The number of rotatable bonds is 10. The Morgan fingerprint density at radius 3 is 2.70 bits per heavy atom. The van der Waals surface area contributed by atoms with Gasteiger partial charge in [0.2, 0.25) is 5.91 Å². The van der Waals surface area contributed by atoms with Gasteiger partial charge < -0.3 is 10.1 Å². The molecule has 0 aliphatic carbocycles. The van der Waals surface area contributed by atoms with E-state index in [2.05, 4.69) is 29.3 Å². The zero-order valence-electron chi connectivity index (χ0n) is 12.6. The van der Waals surface area contributed by atoms with Gasteiger partial charge in [-0.25, -0.2) is 0 Å². The Morgan fingerprint density at radius 1 is 1.30 bits per heavy atom. The molecule has 1 aromatic carbocycles. The van der Waals surface area contributed by atoms with E-state index >= 15 is 0 Å². The zero-order valence-corrected chi connectivity index (χ0v) is 12.6. The average molecular weight is 278 g/mol. The van der Waals surface area contributed by atoms with Gasteiger partial charge in [0, 0.05) is 26.8 Å². The lowest BCUT2D eigenvalue weighted by molar-refractivity contribution is -0.122. The topological polar surface area (TPSA) is 41.6 Å². The van der Waals surface area contributed by atoms with Gasteiger partial charge in [-0.05, 0) is 24.9 Å². The summed E-state index contributed by atoms with van der Waals surface area (Å²) in [5, 5.41) is 2.93. The monoisotopic (exact) mass is 278 g/mol. The van der Waals surface area contributed by atoms with Crippen molar-refractivity contribution in [2.75, 3.05) is 33.4 Å². The predicted octanol–water partition coefficient (Wildman–Crippen LogP) is 2.05. The lowest BCUT2D eigenvalue weighted by Crippen LogP contribution is -2.37. The van der Waals surface area contributed by atoms with Crippen molar-refractivity contribution in [2.45, 2.75) is 26.3 Å². The molecule has 0 aliphatic rings. The summed E-state index contributed by atoms with van der Waals surface area (Å²) in [6.45, 7) is 5.70. The number of carbonyl (C=O) groups is 1. The minimum Gasteiger partial charge on any atom is -0.385 e. The second-order valence-electron chi connectivity index (χ2n) is 4.89. The van der Waals surface area contributed by atoms with Crippen molar-refractivity contribution in [2.24, 2.45) is 0 Å². The summed E-state index contributed by atoms with van der Waals surface area (Å²) >= 11 is 0. The maximum absolute atomic E-state index is 11.9. The normalized spacial score (nSPS) is 10.8. The maximum atomic E-state index is 11.9. The van der Waals surface area contributed by atoms with Crippen molar-refractivity contribution in [1.29, 1.82) is 0 Å². The van der Waals surface area contributed by atoms with Crippen LogP contribution in [0.5, 0.6) is 0 Å². The van der Waals surface area contributed by atoms with E-state index in [1.807, 2.05) is 18.2 Å². The van der Waals surface area contributed by atoms with Crippen LogP contribution in [0.1, 0.15) is 25.3 Å². The molecule has 20 heavy (non-hydrogen) atoms. The summed E-state index contributed by atoms with van der Waals surface area (Å²) < 4.78 is 4.96. The molecule has 0 aliphatic heterocycles. The Labute approximate surface area is 122 Å². The van der Waals surface area contributed by atoms with Gasteiger partial charge in [0.1, 0.15) is 0 Å². The fourth-order valence-corrected chi connectivity index (χ4v) is 2.08. The van der Waals surface area contributed by atoms with Crippen molar-refractivity contribution >= 4 is 5.91 Å². The van der Waals surface area contributed by atoms with E-state index in [1.54, 1.807) is 7.11 Å². The molecule has 112 valence electrons. The molecule has 4 heteroatoms. The number of nitrogens with zero attached hydrogens (tertiary/aromatic N) is 1. The Kier molecular flexibility index (Phi) is 8.67. The third kappa shape index (κ3) is 7.26. The summed E-state index contributed by atoms with van der Waals surface area (Å²) in [5.74, 6) is 0.0884. The number of amides is 1. The molecule has 1 amide bonds. The molecule has 0 spiro atoms. The maximum Gasteiger partial charge on any atom is 0.234 e. The lowest BCUT2D eigenvalue weighted by atomic mass is 10.2. The Balaban J connectivity index is 2.36. The Morgan fingerprint density at radius 2 is 2.05 bits per heavy atom. The van der Waals surface area contributed by atoms with Crippen molar-refractivity contribution in [1.82, 2.24) is 10.2 Å². The van der Waals surface area contributed by atoms with E-state index < -0.39 is 0 Å². The molecule has 0 unspecified atom stereocenters. The van der Waals surface area contributed by atoms with Crippen molar-refractivity contribution in [3.05, 3.63) is 35.9 Å². The number of hydrogen-bond donors (Lipinski definition) is 1. The number of methoxy groups -OCH3 is 1. The SMILES string of the molecule is CCCN(CC(=O)NCCCOC)Cc1ccccc1. The zero-order chi connectivity index (χ0) is 14.6. The van der Waals surface area contributed by atoms with Crippen LogP contribution < -0.4 is 5.32 Å². The molecule has 0 radical (unpaired) electrons. The molecular formula is C16H26N2O2. The van der Waals surface area contributed by atoms with Gasteiger partial charge in [-0.2, -0.15) is 0 Å². The Bertz CT molecular complexity index is 368. The van der Waals surface area contributed by atoms with Crippen LogP contribution in [0.4, 0.5) is 0 Å². The second kappa shape index (κ2) is 10.4. The smallest absolute Gasteiger partial charge is 0.234 e. The van der Waals surface area contributed by atoms with Crippen LogP contribution in [0.15, 0.2) is 30.3 Å². The molecule has 1 N–H and O–H groups in total. The Hall–Kier alpha value is -1.39. The second-order valence-corrected chi connectivity index (χ2v) is 4.89. The number of hydrogen-bond acceptors (Lipinski definition) is 3. The van der Waals surface area contributed by atoms with Crippen LogP contribution in [-0.2, 0) is 16.1 Å². The van der Waals surface area contributed by atoms with Gasteiger partial charge >= 0.3 is 0 Å². The number of ether oxygens (including phenoxy) is 1. The lowest BCUT2D eigenvalue weighted by Gasteiger charge is -2.21. The third-order valence-corrected chi connectivity index (χ3v) is 3.00. The van der Waals surface area contributed by atoms with Crippen molar-refractivity contribution in [3.63, 3.8) is 0 Å². The van der Waals surface area contributed by atoms with Gasteiger partial charge in [-0.1, -0.05) is 37.3 Å². The van der Waals surface area contributed by atoms with E-state index in [0.717, 1.165) is 25.9 Å². The number of benzene rings is 1. The largest absolute Gasteiger partial charge is 0.385 e. The molecule has 0 fully saturated rings. The molecule has 0 aromatic heterocycles. The minimum atomic E-state index is 0.0884. The highest BCUT2D eigenvalue weighted by Crippen LogP contribution is 2.04. The van der Waals surface area contributed by atoms with E-state index in [9.17, 15) is 4.79 Å². The third-order valence-electron chi connectivity index (χ3n) is 3.00. The summed E-state index contributed by atoms with van der Waals surface area (Å²) in [7, 11) is 1.67. The van der Waals surface area contributed by atoms with Crippen LogP contribution in [0.25, 0.3) is 0 Å². The quantitative estimate of drug-likeness (QED) is 0.666. The first-order valence-electron chi connectivity index (χ1n) is 7.28. The summed E-state index contributed by atoms with van der Waals surface area (Å²) in [6, 6.07) is 10.3. The fraction of sp³-hybridized carbons (Fsp3) is 0.562. The highest BCUT2D eigenvalue weighted by atomic mass is 16.5. The van der Waals surface area contributed by atoms with Gasteiger partial charge in [-0.3, -0.25) is 9.69 Å². The number of carbonyl (C=O) groups excluding carboxylic acids is 1. The highest BCUT2D eigenvalue weighted by Gasteiger charge is 2.10. The fourth-order valence-electron chi connectivity index (χ4n) is 2.08. The summed E-state index contributed by atoms with van der Waals surface area (Å²) in [5.41, 5.74) is 1.24. The van der Waals surface area contributed by atoms with Crippen molar-refractivity contribution in [3.8, 4) is 0 Å². The molecule has 4 nitrogen and oxygen atoms in total. The standard InChI is InChI=1S/C16H26N2O2/c1-3-11-18(13-15-8-5-4-6-9-15)14-16(19)17-10-7-12-20-2/h4-6,8-9H,3,7,10-14H2,1-2H3,(H,17,19). The van der Waals surface area contributed by atoms with Gasteiger partial charge in [-0.15, -0.1) is 0 Å². The summed E-state index contributed by atoms with van der Waals surface area (Å²) in [4.78, 5) is 14.1.